The normalized spacial score (nSPS) is 14.7. The molecular formula is C14H17N3O3. The van der Waals surface area contributed by atoms with Crippen molar-refractivity contribution in [2.45, 2.75) is 6.92 Å². The van der Waals surface area contributed by atoms with Gasteiger partial charge < -0.3 is 15.5 Å². The molecule has 1 aromatic rings. The molecule has 0 spiro atoms. The minimum absolute atomic E-state index is 0.00644. The van der Waals surface area contributed by atoms with Crippen LogP contribution in [0.3, 0.4) is 0 Å². The lowest BCUT2D eigenvalue weighted by Crippen LogP contribution is -2.51. The van der Waals surface area contributed by atoms with E-state index in [2.05, 4.69) is 10.6 Å². The van der Waals surface area contributed by atoms with Crippen molar-refractivity contribution < 1.29 is 14.4 Å². The van der Waals surface area contributed by atoms with Crippen LogP contribution in [0.25, 0.3) is 0 Å². The summed E-state index contributed by atoms with van der Waals surface area (Å²) in [4.78, 5) is 35.8. The van der Waals surface area contributed by atoms with Crippen LogP contribution in [-0.4, -0.2) is 48.7 Å². The zero-order chi connectivity index (χ0) is 14.5. The van der Waals surface area contributed by atoms with Crippen molar-refractivity contribution in [3.05, 3.63) is 29.8 Å². The van der Waals surface area contributed by atoms with Crippen LogP contribution in [0, 0.1) is 0 Å². The summed E-state index contributed by atoms with van der Waals surface area (Å²) >= 11 is 0. The second kappa shape index (κ2) is 6.18. The van der Waals surface area contributed by atoms with E-state index in [0.29, 0.717) is 18.7 Å². The standard InChI is InChI=1S/C14H17N3O3/c1-10(18)11-2-4-12(5-3-11)16-8-14(20)17-7-6-15-13(19)9-17/h2-5,16H,6-9H2,1H3,(H,15,19). The van der Waals surface area contributed by atoms with Gasteiger partial charge in [-0.15, -0.1) is 0 Å². The first kappa shape index (κ1) is 14.0. The molecule has 0 unspecified atom stereocenters. The molecule has 0 atom stereocenters. The van der Waals surface area contributed by atoms with E-state index >= 15 is 0 Å². The molecule has 0 radical (unpaired) electrons. The number of hydrogen-bond acceptors (Lipinski definition) is 4. The van der Waals surface area contributed by atoms with E-state index in [9.17, 15) is 14.4 Å². The van der Waals surface area contributed by atoms with Crippen molar-refractivity contribution in [1.82, 2.24) is 10.2 Å². The van der Waals surface area contributed by atoms with Gasteiger partial charge in [0.15, 0.2) is 5.78 Å². The average Bonchev–Trinajstić information content (AvgIpc) is 2.45. The Hall–Kier alpha value is -2.37. The highest BCUT2D eigenvalue weighted by atomic mass is 16.2. The Morgan fingerprint density at radius 1 is 1.30 bits per heavy atom. The van der Waals surface area contributed by atoms with E-state index in [1.807, 2.05) is 0 Å². The summed E-state index contributed by atoms with van der Waals surface area (Å²) in [6.07, 6.45) is 0. The summed E-state index contributed by atoms with van der Waals surface area (Å²) in [7, 11) is 0. The first-order valence-corrected chi connectivity index (χ1v) is 6.45. The summed E-state index contributed by atoms with van der Waals surface area (Å²) in [6.45, 7) is 2.79. The van der Waals surface area contributed by atoms with Crippen molar-refractivity contribution in [2.75, 3.05) is 31.5 Å². The molecule has 2 N–H and O–H groups in total. The summed E-state index contributed by atoms with van der Waals surface area (Å²) in [5, 5.41) is 5.66. The second-order valence-corrected chi connectivity index (χ2v) is 4.65. The van der Waals surface area contributed by atoms with Crippen LogP contribution >= 0.6 is 0 Å². The van der Waals surface area contributed by atoms with Crippen LogP contribution < -0.4 is 10.6 Å². The highest BCUT2D eigenvalue weighted by Crippen LogP contribution is 2.10. The van der Waals surface area contributed by atoms with Crippen molar-refractivity contribution in [1.29, 1.82) is 0 Å². The largest absolute Gasteiger partial charge is 0.376 e. The molecule has 0 bridgehead atoms. The van der Waals surface area contributed by atoms with E-state index in [1.54, 1.807) is 24.3 Å². The molecule has 0 aliphatic carbocycles. The molecule has 1 aromatic carbocycles. The molecule has 1 aliphatic heterocycles. The number of nitrogens with one attached hydrogen (secondary N) is 2. The Kier molecular flexibility index (Phi) is 4.34. The van der Waals surface area contributed by atoms with Gasteiger partial charge >= 0.3 is 0 Å². The molecule has 1 heterocycles. The Morgan fingerprint density at radius 3 is 2.60 bits per heavy atom. The van der Waals surface area contributed by atoms with E-state index in [1.165, 1.54) is 11.8 Å². The highest BCUT2D eigenvalue weighted by molar-refractivity contribution is 5.94. The third-order valence-corrected chi connectivity index (χ3v) is 3.13. The fourth-order valence-electron chi connectivity index (χ4n) is 1.96. The number of piperazine rings is 1. The molecule has 106 valence electrons. The van der Waals surface area contributed by atoms with Crippen LogP contribution in [0.15, 0.2) is 24.3 Å². The number of Topliss-reactive ketones (excluding diaryl/α,β-unsaturated/α-hetero) is 1. The Bertz CT molecular complexity index is 525. The summed E-state index contributed by atoms with van der Waals surface area (Å²) in [5.74, 6) is -0.238. The molecule has 6 heteroatoms. The molecule has 1 saturated heterocycles. The molecule has 20 heavy (non-hydrogen) atoms. The van der Waals surface area contributed by atoms with Gasteiger partial charge in [0.2, 0.25) is 11.8 Å². The summed E-state index contributed by atoms with van der Waals surface area (Å²) < 4.78 is 0. The molecule has 1 aliphatic rings. The minimum Gasteiger partial charge on any atom is -0.376 e. The number of amides is 2. The third-order valence-electron chi connectivity index (χ3n) is 3.13. The maximum atomic E-state index is 11.9. The van der Waals surface area contributed by atoms with Gasteiger partial charge in [-0.25, -0.2) is 0 Å². The van der Waals surface area contributed by atoms with Crippen LogP contribution in [0.4, 0.5) is 5.69 Å². The lowest BCUT2D eigenvalue weighted by atomic mass is 10.1. The van der Waals surface area contributed by atoms with Crippen molar-refractivity contribution in [3.63, 3.8) is 0 Å². The zero-order valence-electron chi connectivity index (χ0n) is 11.3. The predicted octanol–water partition coefficient (Wildman–Crippen LogP) is 0.260. The van der Waals surface area contributed by atoms with Gasteiger partial charge in [-0.05, 0) is 31.2 Å². The topological polar surface area (TPSA) is 78.5 Å². The molecule has 1 fully saturated rings. The fourth-order valence-corrected chi connectivity index (χ4v) is 1.96. The lowest BCUT2D eigenvalue weighted by Gasteiger charge is -2.26. The summed E-state index contributed by atoms with van der Waals surface area (Å²) in [6, 6.07) is 6.94. The minimum atomic E-state index is -0.129. The molecule has 2 amide bonds. The van der Waals surface area contributed by atoms with Gasteiger partial charge in [0.25, 0.3) is 0 Å². The van der Waals surface area contributed by atoms with Gasteiger partial charge in [-0.2, -0.15) is 0 Å². The van der Waals surface area contributed by atoms with E-state index in [-0.39, 0.29) is 30.7 Å². The first-order chi connectivity index (χ1) is 9.56. The van der Waals surface area contributed by atoms with Gasteiger partial charge in [-0.1, -0.05) is 0 Å². The van der Waals surface area contributed by atoms with Crippen LogP contribution in [0.2, 0.25) is 0 Å². The highest BCUT2D eigenvalue weighted by Gasteiger charge is 2.20. The quantitative estimate of drug-likeness (QED) is 0.773. The SMILES string of the molecule is CC(=O)c1ccc(NCC(=O)N2CCNC(=O)C2)cc1. The van der Waals surface area contributed by atoms with Crippen LogP contribution in [0.5, 0.6) is 0 Å². The monoisotopic (exact) mass is 275 g/mol. The summed E-state index contributed by atoms with van der Waals surface area (Å²) in [5.41, 5.74) is 1.40. The number of carbonyl (C=O) groups is 3. The molecule has 0 saturated carbocycles. The Morgan fingerprint density at radius 2 is 2.00 bits per heavy atom. The maximum Gasteiger partial charge on any atom is 0.242 e. The number of anilines is 1. The maximum absolute atomic E-state index is 11.9. The zero-order valence-corrected chi connectivity index (χ0v) is 11.3. The van der Waals surface area contributed by atoms with Crippen LogP contribution in [-0.2, 0) is 9.59 Å². The van der Waals surface area contributed by atoms with E-state index in [4.69, 9.17) is 0 Å². The number of carbonyl (C=O) groups excluding carboxylic acids is 3. The molecule has 2 rings (SSSR count). The number of hydrogen-bond donors (Lipinski definition) is 2. The molecular weight excluding hydrogens is 258 g/mol. The Labute approximate surface area is 117 Å². The first-order valence-electron chi connectivity index (χ1n) is 6.45. The lowest BCUT2D eigenvalue weighted by molar-refractivity contribution is -0.136. The smallest absolute Gasteiger partial charge is 0.242 e. The number of benzene rings is 1. The molecule has 0 aromatic heterocycles. The Balaban J connectivity index is 1.86. The van der Waals surface area contributed by atoms with Gasteiger partial charge in [-0.3, -0.25) is 14.4 Å². The number of ketones is 1. The van der Waals surface area contributed by atoms with Crippen molar-refractivity contribution >= 4 is 23.3 Å². The third kappa shape index (κ3) is 3.57. The van der Waals surface area contributed by atoms with Crippen LogP contribution in [0.1, 0.15) is 17.3 Å². The van der Waals surface area contributed by atoms with Crippen molar-refractivity contribution in [2.24, 2.45) is 0 Å². The number of nitrogens with zero attached hydrogens (tertiary/aromatic N) is 1. The number of rotatable bonds is 4. The predicted molar refractivity (Wildman–Crippen MR) is 74.5 cm³/mol. The van der Waals surface area contributed by atoms with Gasteiger partial charge in [0, 0.05) is 24.3 Å². The van der Waals surface area contributed by atoms with E-state index in [0.717, 1.165) is 5.69 Å². The van der Waals surface area contributed by atoms with Gasteiger partial charge in [0.05, 0.1) is 13.1 Å². The van der Waals surface area contributed by atoms with Crippen molar-refractivity contribution in [3.8, 4) is 0 Å². The molecule has 6 nitrogen and oxygen atoms in total. The van der Waals surface area contributed by atoms with E-state index < -0.39 is 0 Å². The fraction of sp³-hybridized carbons (Fsp3) is 0.357. The van der Waals surface area contributed by atoms with Gasteiger partial charge in [0.1, 0.15) is 0 Å². The average molecular weight is 275 g/mol. The second-order valence-electron chi connectivity index (χ2n) is 4.65.